The van der Waals surface area contributed by atoms with Crippen LogP contribution >= 0.6 is 0 Å². The zero-order chi connectivity index (χ0) is 45.8. The van der Waals surface area contributed by atoms with Gasteiger partial charge in [0.2, 0.25) is 0 Å². The predicted octanol–water partition coefficient (Wildman–Crippen LogP) is 8.13. The fraction of sp³-hybridized carbons (Fsp3) is 0.286. The van der Waals surface area contributed by atoms with Gasteiger partial charge in [0, 0.05) is 0 Å². The van der Waals surface area contributed by atoms with E-state index in [2.05, 4.69) is 0 Å². The lowest BCUT2D eigenvalue weighted by Crippen LogP contribution is -2.15. The molecule has 20 heteroatoms. The number of hydrogen-bond donors (Lipinski definition) is 5. The van der Waals surface area contributed by atoms with Gasteiger partial charge in [-0.3, -0.25) is 22.8 Å². The van der Waals surface area contributed by atoms with Crippen LogP contribution in [-0.2, 0) is 50.6 Å². The Balaban J connectivity index is 1.63. The van der Waals surface area contributed by atoms with Crippen LogP contribution in [0, 0.1) is 0 Å². The molecule has 0 aliphatic carbocycles. The molecule has 62 heavy (non-hydrogen) atoms. The Morgan fingerprint density at radius 3 is 0.742 bits per heavy atom. The van der Waals surface area contributed by atoms with E-state index in [1.165, 1.54) is 60.7 Å². The lowest BCUT2D eigenvalue weighted by Gasteiger charge is -2.31. The van der Waals surface area contributed by atoms with Crippen LogP contribution in [0.25, 0.3) is 0 Å². The molecular formula is C42H46O15S5. The van der Waals surface area contributed by atoms with Crippen molar-refractivity contribution in [1.82, 2.24) is 0 Å². The van der Waals surface area contributed by atoms with Crippen LogP contribution in [0.5, 0.6) is 0 Å². The minimum Gasteiger partial charge on any atom is -0.282 e. The summed E-state index contributed by atoms with van der Waals surface area (Å²) in [6.45, 7) is 3.83. The highest BCUT2D eigenvalue weighted by Crippen LogP contribution is 2.45. The molecule has 0 fully saturated rings. The second-order valence-electron chi connectivity index (χ2n) is 15.3. The molecule has 5 rings (SSSR count). The molecule has 0 aliphatic rings. The first-order valence-corrected chi connectivity index (χ1v) is 26.3. The molecule has 0 spiro atoms. The largest absolute Gasteiger partial charge is 0.294 e. The van der Waals surface area contributed by atoms with Crippen LogP contribution in [0.1, 0.15) is 103 Å². The van der Waals surface area contributed by atoms with E-state index in [0.717, 1.165) is 5.56 Å². The molecule has 5 aromatic carbocycles. The second-order valence-corrected chi connectivity index (χ2v) is 22.4. The van der Waals surface area contributed by atoms with E-state index in [4.69, 9.17) is 0 Å². The molecule has 0 radical (unpaired) electrons. The van der Waals surface area contributed by atoms with Crippen molar-refractivity contribution >= 4 is 50.6 Å². The van der Waals surface area contributed by atoms with Crippen molar-refractivity contribution in [2.45, 2.75) is 100 Å². The van der Waals surface area contributed by atoms with Gasteiger partial charge in [0.15, 0.2) is 0 Å². The third-order valence-corrected chi connectivity index (χ3v) is 15.5. The van der Waals surface area contributed by atoms with E-state index in [0.29, 0.717) is 54.4 Å². The summed E-state index contributed by atoms with van der Waals surface area (Å²) in [5.74, 6) is -1.72. The molecular weight excluding hydrogens is 905 g/mol. The van der Waals surface area contributed by atoms with Crippen molar-refractivity contribution in [3.63, 3.8) is 0 Å². The van der Waals surface area contributed by atoms with Crippen LogP contribution in [0.2, 0.25) is 0 Å². The Kier molecular flexibility index (Phi) is 15.1. The van der Waals surface area contributed by atoms with E-state index in [-0.39, 0.29) is 36.3 Å². The maximum Gasteiger partial charge on any atom is 0.294 e. The Bertz CT molecular complexity index is 2900. The van der Waals surface area contributed by atoms with Crippen LogP contribution in [-0.4, -0.2) is 64.9 Å². The highest BCUT2D eigenvalue weighted by Gasteiger charge is 2.29. The van der Waals surface area contributed by atoms with E-state index in [1.54, 1.807) is 60.7 Å². The SMILES string of the molecule is CCC(CC(CC(CC(CC(C)c1ccc(S(=O)(=O)O)cc1)c1ccc(S(=O)(=O)O)cc1)c1ccc(S(=O)(=O)O)cc1)c1ccc(S(=O)(=O)O)cc1)c1ccc(S(=O)(=O)O)cc1. The highest BCUT2D eigenvalue weighted by atomic mass is 32.2. The Morgan fingerprint density at radius 1 is 0.323 bits per heavy atom. The monoisotopic (exact) mass is 950 g/mol. The summed E-state index contributed by atoms with van der Waals surface area (Å²) in [5.41, 5.74) is 3.45. The van der Waals surface area contributed by atoms with Gasteiger partial charge in [0.1, 0.15) is 0 Å². The van der Waals surface area contributed by atoms with Gasteiger partial charge in [-0.1, -0.05) is 74.5 Å². The van der Waals surface area contributed by atoms with Crippen molar-refractivity contribution in [3.8, 4) is 0 Å². The minimum absolute atomic E-state index is 0.214. The summed E-state index contributed by atoms with van der Waals surface area (Å²) in [7, 11) is -22.6. The van der Waals surface area contributed by atoms with Gasteiger partial charge in [-0.2, -0.15) is 42.1 Å². The first-order chi connectivity index (χ1) is 28.7. The van der Waals surface area contributed by atoms with E-state index in [1.807, 2.05) is 13.8 Å². The minimum atomic E-state index is -4.58. The number of benzene rings is 5. The van der Waals surface area contributed by atoms with Gasteiger partial charge in [0.05, 0.1) is 24.5 Å². The Labute approximate surface area is 362 Å². The zero-order valence-corrected chi connectivity index (χ0v) is 37.4. The van der Waals surface area contributed by atoms with Crippen LogP contribution < -0.4 is 0 Å². The maximum absolute atomic E-state index is 12.1. The lowest BCUT2D eigenvalue weighted by atomic mass is 9.73. The molecule has 0 heterocycles. The first kappa shape index (κ1) is 48.7. The molecule has 0 bridgehead atoms. The van der Waals surface area contributed by atoms with Gasteiger partial charge in [0.25, 0.3) is 50.6 Å². The van der Waals surface area contributed by atoms with Gasteiger partial charge in [-0.15, -0.1) is 0 Å². The van der Waals surface area contributed by atoms with Gasteiger partial charge >= 0.3 is 0 Å². The molecule has 5 N–H and O–H groups in total. The Morgan fingerprint density at radius 2 is 0.516 bits per heavy atom. The molecule has 0 aromatic heterocycles. The molecule has 334 valence electrons. The van der Waals surface area contributed by atoms with Gasteiger partial charge in [-0.25, -0.2) is 0 Å². The molecule has 0 saturated carbocycles. The van der Waals surface area contributed by atoms with Gasteiger partial charge < -0.3 is 0 Å². The van der Waals surface area contributed by atoms with E-state index in [9.17, 15) is 64.9 Å². The van der Waals surface area contributed by atoms with E-state index < -0.39 is 68.3 Å². The number of hydrogen-bond acceptors (Lipinski definition) is 10. The smallest absolute Gasteiger partial charge is 0.282 e. The van der Waals surface area contributed by atoms with Crippen LogP contribution in [0.3, 0.4) is 0 Å². The zero-order valence-electron chi connectivity index (χ0n) is 33.3. The maximum atomic E-state index is 12.1. The molecule has 5 atom stereocenters. The second kappa shape index (κ2) is 19.2. The normalized spacial score (nSPS) is 15.3. The fourth-order valence-electron chi connectivity index (χ4n) is 7.85. The Hall–Kier alpha value is -4.35. The summed E-state index contributed by atoms with van der Waals surface area (Å²) >= 11 is 0. The quantitative estimate of drug-likeness (QED) is 0.0489. The highest BCUT2D eigenvalue weighted by molar-refractivity contribution is 7.86. The average Bonchev–Trinajstić information content (AvgIpc) is 3.20. The van der Waals surface area contributed by atoms with Crippen molar-refractivity contribution in [1.29, 1.82) is 0 Å². The van der Waals surface area contributed by atoms with Crippen LogP contribution in [0.4, 0.5) is 0 Å². The lowest BCUT2D eigenvalue weighted by molar-refractivity contribution is 0.406. The van der Waals surface area contributed by atoms with E-state index >= 15 is 0 Å². The van der Waals surface area contributed by atoms with Gasteiger partial charge in [-0.05, 0) is 150 Å². The van der Waals surface area contributed by atoms with Crippen molar-refractivity contribution < 1.29 is 64.9 Å². The number of rotatable bonds is 19. The summed E-state index contributed by atoms with van der Waals surface area (Å²) in [6.07, 6.45) is 2.02. The molecule has 15 nitrogen and oxygen atoms in total. The third-order valence-electron chi connectivity index (χ3n) is 11.2. The third kappa shape index (κ3) is 12.9. The van der Waals surface area contributed by atoms with Crippen molar-refractivity contribution in [2.75, 3.05) is 0 Å². The summed E-state index contributed by atoms with van der Waals surface area (Å²) in [6, 6.07) is 28.4. The summed E-state index contributed by atoms with van der Waals surface area (Å²) in [4.78, 5) is -1.61. The topological polar surface area (TPSA) is 272 Å². The molecule has 5 aromatic rings. The standard InChI is InChI=1S/C42H46O15S5/c1-3-29(31-6-16-39(17-7-31)59(46,47)48)25-36(33-10-20-41(21-11-33)61(52,53)54)27-37(34-12-22-42(23-13-34)62(55,56)57)26-35(32-8-18-40(19-9-32)60(49,50)51)24-28(2)30-4-14-38(15-5-30)58(43,44)45/h4-23,28-29,35-37H,3,24-27H2,1-2H3,(H,43,44,45)(H,46,47,48)(H,49,50,51)(H,52,53,54)(H,55,56,57). The molecule has 0 saturated heterocycles. The average molecular weight is 951 g/mol. The molecule has 0 aliphatic heterocycles. The van der Waals surface area contributed by atoms with Crippen molar-refractivity contribution in [3.05, 3.63) is 149 Å². The summed E-state index contributed by atoms with van der Waals surface area (Å²) in [5, 5.41) is 0. The molecule has 0 amide bonds. The first-order valence-electron chi connectivity index (χ1n) is 19.1. The van der Waals surface area contributed by atoms with Crippen molar-refractivity contribution in [2.24, 2.45) is 0 Å². The fourth-order valence-corrected chi connectivity index (χ4v) is 10.3. The van der Waals surface area contributed by atoms with Crippen LogP contribution in [0.15, 0.2) is 146 Å². The predicted molar refractivity (Wildman–Crippen MR) is 229 cm³/mol. The summed E-state index contributed by atoms with van der Waals surface area (Å²) < 4.78 is 168. The molecule has 5 unspecified atom stereocenters.